The third kappa shape index (κ3) is 4.05. The lowest BCUT2D eigenvalue weighted by Gasteiger charge is -2.16. The Bertz CT molecular complexity index is 749. The lowest BCUT2D eigenvalue weighted by atomic mass is 10.1. The van der Waals surface area contributed by atoms with Crippen molar-refractivity contribution in [2.24, 2.45) is 0 Å². The van der Waals surface area contributed by atoms with Gasteiger partial charge in [-0.1, -0.05) is 12.1 Å². The van der Waals surface area contributed by atoms with Gasteiger partial charge in [-0.3, -0.25) is 14.9 Å². The van der Waals surface area contributed by atoms with Gasteiger partial charge in [0.15, 0.2) is 5.75 Å². The average molecular weight is 334 g/mol. The van der Waals surface area contributed by atoms with Gasteiger partial charge in [0, 0.05) is 25.3 Å². The number of hydrogen-bond acceptors (Lipinski definition) is 5. The van der Waals surface area contributed by atoms with E-state index in [1.807, 2.05) is 0 Å². The number of nitrogens with zero attached hydrogens (tertiary/aromatic N) is 1. The molecule has 0 saturated heterocycles. The number of benzene rings is 2. The van der Waals surface area contributed by atoms with Crippen molar-refractivity contribution in [3.8, 4) is 5.75 Å². The zero-order valence-electron chi connectivity index (χ0n) is 12.7. The molecule has 0 aromatic heterocycles. The van der Waals surface area contributed by atoms with E-state index in [1.54, 1.807) is 12.1 Å². The number of phenols is 1. The van der Waals surface area contributed by atoms with E-state index in [0.717, 1.165) is 12.1 Å². The summed E-state index contributed by atoms with van der Waals surface area (Å²) >= 11 is 0. The first-order valence-electron chi connectivity index (χ1n) is 6.96. The van der Waals surface area contributed by atoms with Gasteiger partial charge in [-0.05, 0) is 29.8 Å². The third-order valence-corrected chi connectivity index (χ3v) is 3.41. The van der Waals surface area contributed by atoms with Crippen LogP contribution in [-0.2, 0) is 4.74 Å². The van der Waals surface area contributed by atoms with Gasteiger partial charge in [0.1, 0.15) is 5.82 Å². The van der Waals surface area contributed by atoms with Crippen LogP contribution in [0.2, 0.25) is 0 Å². The number of methoxy groups -OCH3 is 1. The van der Waals surface area contributed by atoms with E-state index in [4.69, 9.17) is 4.74 Å². The smallest absolute Gasteiger partial charge is 0.311 e. The topological polar surface area (TPSA) is 102 Å². The largest absolute Gasteiger partial charge is 0.502 e. The van der Waals surface area contributed by atoms with Crippen molar-refractivity contribution in [2.75, 3.05) is 13.7 Å². The normalized spacial score (nSPS) is 11.8. The molecule has 0 fully saturated rings. The maximum Gasteiger partial charge on any atom is 0.311 e. The average Bonchev–Trinajstić information content (AvgIpc) is 2.56. The summed E-state index contributed by atoms with van der Waals surface area (Å²) in [5, 5.41) is 22.8. The highest BCUT2D eigenvalue weighted by molar-refractivity contribution is 5.95. The Morgan fingerprint density at radius 3 is 2.58 bits per heavy atom. The molecule has 1 amide bonds. The van der Waals surface area contributed by atoms with E-state index in [9.17, 15) is 24.4 Å². The number of carbonyl (C=O) groups excluding carboxylic acids is 1. The molecule has 0 bridgehead atoms. The highest BCUT2D eigenvalue weighted by Crippen LogP contribution is 2.26. The van der Waals surface area contributed by atoms with Crippen LogP contribution < -0.4 is 5.32 Å². The van der Waals surface area contributed by atoms with Crippen LogP contribution in [0, 0.1) is 15.9 Å². The Kier molecular flexibility index (Phi) is 5.43. The Morgan fingerprint density at radius 2 is 2.00 bits per heavy atom. The van der Waals surface area contributed by atoms with Crippen LogP contribution in [-0.4, -0.2) is 29.6 Å². The monoisotopic (exact) mass is 334 g/mol. The fraction of sp³-hybridized carbons (Fsp3) is 0.188. The Hall–Kier alpha value is -3.00. The van der Waals surface area contributed by atoms with E-state index in [2.05, 4.69) is 5.32 Å². The fourth-order valence-corrected chi connectivity index (χ4v) is 2.11. The van der Waals surface area contributed by atoms with E-state index in [0.29, 0.717) is 5.56 Å². The number of halogens is 1. The van der Waals surface area contributed by atoms with Crippen molar-refractivity contribution < 1.29 is 24.0 Å². The highest BCUT2D eigenvalue weighted by Gasteiger charge is 2.18. The molecule has 2 N–H and O–H groups in total. The third-order valence-electron chi connectivity index (χ3n) is 3.41. The van der Waals surface area contributed by atoms with Crippen LogP contribution in [0.25, 0.3) is 0 Å². The molecule has 0 spiro atoms. The SMILES string of the molecule is COC(CNC(=O)c1ccc(O)c([N+](=O)[O-])c1)c1ccc(F)cc1. The second-order valence-corrected chi connectivity index (χ2v) is 4.95. The first kappa shape index (κ1) is 17.4. The molecule has 0 saturated carbocycles. The molecule has 7 nitrogen and oxygen atoms in total. The molecular formula is C16H15FN2O5. The van der Waals surface area contributed by atoms with Crippen molar-refractivity contribution in [1.82, 2.24) is 5.32 Å². The molecule has 2 aromatic rings. The van der Waals surface area contributed by atoms with Crippen molar-refractivity contribution in [3.05, 3.63) is 69.5 Å². The molecule has 0 aliphatic heterocycles. The van der Waals surface area contributed by atoms with Crippen LogP contribution in [0.4, 0.5) is 10.1 Å². The molecule has 0 radical (unpaired) electrons. The molecule has 1 atom stereocenters. The lowest BCUT2D eigenvalue weighted by Crippen LogP contribution is -2.29. The van der Waals surface area contributed by atoms with E-state index in [-0.39, 0.29) is 17.9 Å². The number of nitro groups is 1. The molecular weight excluding hydrogens is 319 g/mol. The number of nitro benzene ring substituents is 1. The van der Waals surface area contributed by atoms with Gasteiger partial charge in [0.25, 0.3) is 5.91 Å². The highest BCUT2D eigenvalue weighted by atomic mass is 19.1. The van der Waals surface area contributed by atoms with Crippen molar-refractivity contribution in [2.45, 2.75) is 6.10 Å². The summed E-state index contributed by atoms with van der Waals surface area (Å²) in [6.07, 6.45) is -0.498. The number of hydrogen-bond donors (Lipinski definition) is 2. The zero-order chi connectivity index (χ0) is 17.7. The second-order valence-electron chi connectivity index (χ2n) is 4.95. The second kappa shape index (κ2) is 7.51. The number of ether oxygens (including phenoxy) is 1. The molecule has 0 aliphatic carbocycles. The van der Waals surface area contributed by atoms with Gasteiger partial charge in [-0.25, -0.2) is 4.39 Å². The molecule has 2 aromatic carbocycles. The van der Waals surface area contributed by atoms with Gasteiger partial charge in [-0.2, -0.15) is 0 Å². The molecule has 0 heterocycles. The van der Waals surface area contributed by atoms with Gasteiger partial charge >= 0.3 is 5.69 Å². The lowest BCUT2D eigenvalue weighted by molar-refractivity contribution is -0.385. The quantitative estimate of drug-likeness (QED) is 0.624. The zero-order valence-corrected chi connectivity index (χ0v) is 12.7. The Labute approximate surface area is 136 Å². The summed E-state index contributed by atoms with van der Waals surface area (Å²) in [5.74, 6) is -1.45. The first-order chi connectivity index (χ1) is 11.4. The molecule has 126 valence electrons. The molecule has 1 unspecified atom stereocenters. The summed E-state index contributed by atoms with van der Waals surface area (Å²) in [5.41, 5.74) is 0.161. The van der Waals surface area contributed by atoms with Gasteiger partial charge in [0.2, 0.25) is 0 Å². The van der Waals surface area contributed by atoms with Crippen molar-refractivity contribution in [3.63, 3.8) is 0 Å². The van der Waals surface area contributed by atoms with E-state index >= 15 is 0 Å². The summed E-state index contributed by atoms with van der Waals surface area (Å²) < 4.78 is 18.2. The van der Waals surface area contributed by atoms with Gasteiger partial charge in [-0.15, -0.1) is 0 Å². The summed E-state index contributed by atoms with van der Waals surface area (Å²) in [4.78, 5) is 22.1. The minimum Gasteiger partial charge on any atom is -0.502 e. The number of phenolic OH excluding ortho intramolecular Hbond substituents is 1. The number of amides is 1. The summed E-state index contributed by atoms with van der Waals surface area (Å²) in [6, 6.07) is 9.00. The number of aromatic hydroxyl groups is 1. The summed E-state index contributed by atoms with van der Waals surface area (Å²) in [7, 11) is 1.45. The van der Waals surface area contributed by atoms with Crippen LogP contribution in [0.15, 0.2) is 42.5 Å². The van der Waals surface area contributed by atoms with Crippen molar-refractivity contribution in [1.29, 1.82) is 0 Å². The summed E-state index contributed by atoms with van der Waals surface area (Å²) in [6.45, 7) is 0.0929. The molecule has 24 heavy (non-hydrogen) atoms. The van der Waals surface area contributed by atoms with Gasteiger partial charge in [0.05, 0.1) is 11.0 Å². The van der Waals surface area contributed by atoms with E-state index in [1.165, 1.54) is 25.3 Å². The van der Waals surface area contributed by atoms with Crippen molar-refractivity contribution >= 4 is 11.6 Å². The van der Waals surface area contributed by atoms with Gasteiger partial charge < -0.3 is 15.2 Å². The van der Waals surface area contributed by atoms with Crippen LogP contribution >= 0.6 is 0 Å². The van der Waals surface area contributed by atoms with Crippen LogP contribution in [0.5, 0.6) is 5.75 Å². The molecule has 0 aliphatic rings. The van der Waals surface area contributed by atoms with Crippen LogP contribution in [0.1, 0.15) is 22.0 Å². The Morgan fingerprint density at radius 1 is 1.33 bits per heavy atom. The first-order valence-corrected chi connectivity index (χ1v) is 6.96. The Balaban J connectivity index is 2.07. The fourth-order valence-electron chi connectivity index (χ4n) is 2.11. The number of rotatable bonds is 6. The number of carbonyl (C=O) groups is 1. The predicted molar refractivity (Wildman–Crippen MR) is 83.2 cm³/mol. The minimum atomic E-state index is -0.775. The minimum absolute atomic E-state index is 0.0356. The molecule has 8 heteroatoms. The molecule has 2 rings (SSSR count). The standard InChI is InChI=1S/C16H15FN2O5/c1-24-15(10-2-5-12(17)6-3-10)9-18-16(21)11-4-7-14(20)13(8-11)19(22)23/h2-8,15,20H,9H2,1H3,(H,18,21). The maximum absolute atomic E-state index is 12.9. The maximum atomic E-state index is 12.9. The predicted octanol–water partition coefficient (Wildman–Crippen LogP) is 2.56. The number of nitrogens with one attached hydrogen (secondary N) is 1. The van der Waals surface area contributed by atoms with E-state index < -0.39 is 28.4 Å². The van der Waals surface area contributed by atoms with Crippen LogP contribution in [0.3, 0.4) is 0 Å².